The smallest absolute Gasteiger partial charge is 0.213 e. The molecule has 1 atom stereocenters. The number of hydrogen-bond donors (Lipinski definition) is 1. The van der Waals surface area contributed by atoms with E-state index in [0.717, 1.165) is 63.2 Å². The van der Waals surface area contributed by atoms with Crippen molar-refractivity contribution in [1.82, 2.24) is 10.3 Å². The molecule has 2 heterocycles. The highest BCUT2D eigenvalue weighted by molar-refractivity contribution is 5.25. The molecule has 1 aromatic heterocycles. The van der Waals surface area contributed by atoms with Crippen LogP contribution in [-0.4, -0.2) is 30.8 Å². The van der Waals surface area contributed by atoms with Crippen molar-refractivity contribution in [3.05, 3.63) is 23.4 Å². The zero-order chi connectivity index (χ0) is 14.5. The van der Waals surface area contributed by atoms with E-state index in [0.29, 0.717) is 5.92 Å². The van der Waals surface area contributed by atoms with Crippen LogP contribution in [0.1, 0.15) is 43.9 Å². The van der Waals surface area contributed by atoms with E-state index in [1.807, 2.05) is 0 Å². The first-order chi connectivity index (χ1) is 10.3. The molecule has 1 aliphatic carbocycles. The van der Waals surface area contributed by atoms with E-state index in [9.17, 15) is 0 Å². The number of ether oxygens (including phenoxy) is 2. The maximum Gasteiger partial charge on any atom is 0.213 e. The second-order valence-corrected chi connectivity index (χ2v) is 6.25. The summed E-state index contributed by atoms with van der Waals surface area (Å²) in [6.45, 7) is 5.52. The minimum absolute atomic E-state index is 0.523. The minimum Gasteiger partial charge on any atom is -0.477 e. The molecule has 1 N–H and O–H groups in total. The Kier molecular flexibility index (Phi) is 5.09. The minimum atomic E-state index is 0.523. The van der Waals surface area contributed by atoms with Gasteiger partial charge in [-0.2, -0.15) is 0 Å². The summed E-state index contributed by atoms with van der Waals surface area (Å²) in [5, 5.41) is 3.56. The lowest BCUT2D eigenvalue weighted by molar-refractivity contribution is 0.165. The van der Waals surface area contributed by atoms with E-state index < -0.39 is 0 Å². The van der Waals surface area contributed by atoms with Gasteiger partial charge in [-0.25, -0.2) is 4.98 Å². The molecule has 0 radical (unpaired) electrons. The van der Waals surface area contributed by atoms with Gasteiger partial charge in [-0.05, 0) is 37.3 Å². The van der Waals surface area contributed by atoms with E-state index in [1.54, 1.807) is 0 Å². The standard InChI is InChI=1S/C17H26N2O2/c1-2-3-16-8-14(10-18-15-4-5-15)9-17(19-16)21-12-13-6-7-20-11-13/h8-9,13,15,18H,2-7,10-12H2,1H3. The predicted molar refractivity (Wildman–Crippen MR) is 82.5 cm³/mol. The first-order valence-corrected chi connectivity index (χ1v) is 8.27. The maximum atomic E-state index is 5.92. The maximum absolute atomic E-state index is 5.92. The summed E-state index contributed by atoms with van der Waals surface area (Å²) in [5.41, 5.74) is 2.43. The van der Waals surface area contributed by atoms with Gasteiger partial charge in [0, 0.05) is 36.9 Å². The van der Waals surface area contributed by atoms with Crippen LogP contribution in [0.3, 0.4) is 0 Å². The number of aromatic nitrogens is 1. The third kappa shape index (κ3) is 4.68. The van der Waals surface area contributed by atoms with Crippen LogP contribution in [0.15, 0.2) is 12.1 Å². The zero-order valence-corrected chi connectivity index (χ0v) is 12.9. The van der Waals surface area contributed by atoms with Crippen LogP contribution in [0.25, 0.3) is 0 Å². The summed E-state index contributed by atoms with van der Waals surface area (Å²) in [4.78, 5) is 4.64. The lowest BCUT2D eigenvalue weighted by atomic mass is 10.1. The molecule has 1 aromatic rings. The molecule has 21 heavy (non-hydrogen) atoms. The third-order valence-electron chi connectivity index (χ3n) is 4.08. The molecule has 1 aliphatic heterocycles. The fraction of sp³-hybridized carbons (Fsp3) is 0.706. The number of nitrogens with zero attached hydrogens (tertiary/aromatic N) is 1. The first kappa shape index (κ1) is 14.8. The zero-order valence-electron chi connectivity index (χ0n) is 12.9. The number of hydrogen-bond acceptors (Lipinski definition) is 4. The van der Waals surface area contributed by atoms with Crippen molar-refractivity contribution in [2.24, 2.45) is 5.92 Å². The molecule has 0 amide bonds. The average molecular weight is 290 g/mol. The average Bonchev–Trinajstić information content (AvgIpc) is 3.17. The molecular weight excluding hydrogens is 264 g/mol. The second kappa shape index (κ2) is 7.23. The molecule has 0 spiro atoms. The van der Waals surface area contributed by atoms with E-state index in [-0.39, 0.29) is 0 Å². The summed E-state index contributed by atoms with van der Waals surface area (Å²) in [7, 11) is 0. The van der Waals surface area contributed by atoms with Crippen LogP contribution in [0.2, 0.25) is 0 Å². The molecule has 0 bridgehead atoms. The van der Waals surface area contributed by atoms with Gasteiger partial charge in [-0.3, -0.25) is 0 Å². The van der Waals surface area contributed by atoms with Crippen molar-refractivity contribution in [2.45, 2.75) is 51.6 Å². The normalized spacial score (nSPS) is 21.7. The van der Waals surface area contributed by atoms with Crippen LogP contribution >= 0.6 is 0 Å². The highest BCUT2D eigenvalue weighted by Crippen LogP contribution is 2.21. The van der Waals surface area contributed by atoms with Crippen molar-refractivity contribution < 1.29 is 9.47 Å². The van der Waals surface area contributed by atoms with Gasteiger partial charge in [-0.15, -0.1) is 0 Å². The lowest BCUT2D eigenvalue weighted by Crippen LogP contribution is -2.16. The van der Waals surface area contributed by atoms with E-state index in [1.165, 1.54) is 18.4 Å². The van der Waals surface area contributed by atoms with Gasteiger partial charge >= 0.3 is 0 Å². The molecule has 4 heteroatoms. The summed E-state index contributed by atoms with van der Waals surface area (Å²) in [6, 6.07) is 5.03. The van der Waals surface area contributed by atoms with Crippen molar-refractivity contribution in [1.29, 1.82) is 0 Å². The van der Waals surface area contributed by atoms with Crippen molar-refractivity contribution in [2.75, 3.05) is 19.8 Å². The Morgan fingerprint density at radius 3 is 2.95 bits per heavy atom. The summed E-state index contributed by atoms with van der Waals surface area (Å²) in [5.74, 6) is 1.30. The van der Waals surface area contributed by atoms with Gasteiger partial charge in [0.25, 0.3) is 0 Å². The number of rotatable bonds is 8. The Hall–Kier alpha value is -1.13. The van der Waals surface area contributed by atoms with Crippen molar-refractivity contribution in [3.8, 4) is 5.88 Å². The van der Waals surface area contributed by atoms with Gasteiger partial charge in [0.05, 0.1) is 13.2 Å². The van der Waals surface area contributed by atoms with E-state index in [4.69, 9.17) is 9.47 Å². The van der Waals surface area contributed by atoms with Crippen LogP contribution in [0.4, 0.5) is 0 Å². The van der Waals surface area contributed by atoms with Crippen LogP contribution in [0.5, 0.6) is 5.88 Å². The van der Waals surface area contributed by atoms with Crippen LogP contribution in [0, 0.1) is 5.92 Å². The molecule has 2 fully saturated rings. The number of nitrogens with one attached hydrogen (secondary N) is 1. The van der Waals surface area contributed by atoms with Gasteiger partial charge in [0.2, 0.25) is 5.88 Å². The fourth-order valence-electron chi connectivity index (χ4n) is 2.65. The lowest BCUT2D eigenvalue weighted by Gasteiger charge is -2.13. The molecule has 116 valence electrons. The Bertz CT molecular complexity index is 454. The Morgan fingerprint density at radius 1 is 1.33 bits per heavy atom. The summed E-state index contributed by atoms with van der Waals surface area (Å²) >= 11 is 0. The largest absolute Gasteiger partial charge is 0.477 e. The van der Waals surface area contributed by atoms with Gasteiger partial charge < -0.3 is 14.8 Å². The molecule has 1 saturated carbocycles. The van der Waals surface area contributed by atoms with Crippen molar-refractivity contribution >= 4 is 0 Å². The molecule has 1 saturated heterocycles. The van der Waals surface area contributed by atoms with Crippen LogP contribution < -0.4 is 10.1 Å². The quantitative estimate of drug-likeness (QED) is 0.799. The molecule has 0 aromatic carbocycles. The van der Waals surface area contributed by atoms with Gasteiger partial charge in [-0.1, -0.05) is 13.3 Å². The van der Waals surface area contributed by atoms with Crippen LogP contribution in [-0.2, 0) is 17.7 Å². The molecule has 2 aliphatic rings. The molecule has 3 rings (SSSR count). The highest BCUT2D eigenvalue weighted by atomic mass is 16.5. The number of pyridine rings is 1. The highest BCUT2D eigenvalue weighted by Gasteiger charge is 2.20. The predicted octanol–water partition coefficient (Wildman–Crippen LogP) is 2.70. The monoisotopic (exact) mass is 290 g/mol. The molecule has 4 nitrogen and oxygen atoms in total. The SMILES string of the molecule is CCCc1cc(CNC2CC2)cc(OCC2CCOC2)n1. The Balaban J connectivity index is 1.61. The Labute approximate surface area is 127 Å². The summed E-state index contributed by atoms with van der Waals surface area (Å²) < 4.78 is 11.3. The van der Waals surface area contributed by atoms with E-state index in [2.05, 4.69) is 29.4 Å². The second-order valence-electron chi connectivity index (χ2n) is 6.25. The van der Waals surface area contributed by atoms with Gasteiger partial charge in [0.1, 0.15) is 0 Å². The fourth-order valence-corrected chi connectivity index (χ4v) is 2.65. The Morgan fingerprint density at radius 2 is 2.24 bits per heavy atom. The topological polar surface area (TPSA) is 43.4 Å². The van der Waals surface area contributed by atoms with Gasteiger partial charge in [0.15, 0.2) is 0 Å². The van der Waals surface area contributed by atoms with Crippen molar-refractivity contribution in [3.63, 3.8) is 0 Å². The van der Waals surface area contributed by atoms with E-state index >= 15 is 0 Å². The molecular formula is C17H26N2O2. The number of aryl methyl sites for hydroxylation is 1. The third-order valence-corrected chi connectivity index (χ3v) is 4.08. The molecule has 1 unspecified atom stereocenters. The summed E-state index contributed by atoms with van der Waals surface area (Å²) in [6.07, 6.45) is 5.86. The first-order valence-electron chi connectivity index (χ1n) is 8.27.